The van der Waals surface area contributed by atoms with Gasteiger partial charge in [-0.3, -0.25) is 5.10 Å². The van der Waals surface area contributed by atoms with Gasteiger partial charge in [0.25, 0.3) is 0 Å². The van der Waals surface area contributed by atoms with Crippen molar-refractivity contribution in [3.8, 4) is 0 Å². The summed E-state index contributed by atoms with van der Waals surface area (Å²) in [5.41, 5.74) is 7.35. The highest BCUT2D eigenvalue weighted by Crippen LogP contribution is 2.35. The summed E-state index contributed by atoms with van der Waals surface area (Å²) < 4.78 is 0. The fourth-order valence-corrected chi connectivity index (χ4v) is 2.64. The molecule has 0 aliphatic heterocycles. The summed E-state index contributed by atoms with van der Waals surface area (Å²) in [5, 5.41) is 6.65. The first-order chi connectivity index (χ1) is 8.02. The summed E-state index contributed by atoms with van der Waals surface area (Å²) in [4.78, 5) is 0. The van der Waals surface area contributed by atoms with E-state index in [9.17, 15) is 0 Å². The van der Waals surface area contributed by atoms with Crippen LogP contribution in [0.5, 0.6) is 0 Å². The second-order valence-corrected chi connectivity index (χ2v) is 5.00. The number of hydrogen-bond donors (Lipinski definition) is 1. The maximum atomic E-state index is 6.57. The van der Waals surface area contributed by atoms with E-state index in [0.29, 0.717) is 0 Å². The first-order valence-electron chi connectivity index (χ1n) is 5.72. The van der Waals surface area contributed by atoms with Gasteiger partial charge in [-0.2, -0.15) is 5.10 Å². The molecule has 2 nitrogen and oxygen atoms in total. The molecule has 1 aromatic heterocycles. The highest BCUT2D eigenvalue weighted by atomic mass is 35.5. The first-order valence-corrected chi connectivity index (χ1v) is 6.16. The first kappa shape index (κ1) is 12.2. The predicted molar refractivity (Wildman–Crippen MR) is 71.7 cm³/mol. The Bertz CT molecular complexity index is 503. The minimum absolute atomic E-state index is 0.132. The molecule has 0 spiro atoms. The number of nitrogens with one attached hydrogen (secondary N) is 1. The molecule has 0 fully saturated rings. The number of benzene rings is 1. The van der Waals surface area contributed by atoms with Crippen molar-refractivity contribution in [2.24, 2.45) is 0 Å². The molecule has 0 bridgehead atoms. The lowest BCUT2D eigenvalue weighted by atomic mass is 9.90. The average molecular weight is 249 g/mol. The Labute approximate surface area is 107 Å². The van der Waals surface area contributed by atoms with Crippen molar-refractivity contribution in [2.45, 2.75) is 33.1 Å². The van der Waals surface area contributed by atoms with Crippen LogP contribution in [-0.4, -0.2) is 10.2 Å². The number of H-pyrrole nitrogens is 1. The zero-order valence-electron chi connectivity index (χ0n) is 10.6. The smallest absolute Gasteiger partial charge is 0.0871 e. The van der Waals surface area contributed by atoms with Gasteiger partial charge < -0.3 is 0 Å². The Kier molecular flexibility index (Phi) is 3.25. The van der Waals surface area contributed by atoms with Gasteiger partial charge in [0.05, 0.1) is 11.6 Å². The summed E-state index contributed by atoms with van der Waals surface area (Å²) in [5.74, 6) is 0. The van der Waals surface area contributed by atoms with Crippen LogP contribution in [-0.2, 0) is 0 Å². The van der Waals surface area contributed by atoms with Crippen LogP contribution in [0.2, 0.25) is 0 Å². The number of aromatic amines is 1. The van der Waals surface area contributed by atoms with Gasteiger partial charge in [0.15, 0.2) is 0 Å². The lowest BCUT2D eigenvalue weighted by molar-refractivity contribution is 1.05. The van der Waals surface area contributed by atoms with Gasteiger partial charge in [-0.1, -0.05) is 6.07 Å². The van der Waals surface area contributed by atoms with E-state index in [-0.39, 0.29) is 5.38 Å². The van der Waals surface area contributed by atoms with Gasteiger partial charge in [-0.15, -0.1) is 11.6 Å². The van der Waals surface area contributed by atoms with E-state index < -0.39 is 0 Å². The van der Waals surface area contributed by atoms with Gasteiger partial charge in [0.2, 0.25) is 0 Å². The third kappa shape index (κ3) is 2.09. The molecule has 90 valence electrons. The van der Waals surface area contributed by atoms with Crippen LogP contribution >= 0.6 is 11.6 Å². The SMILES string of the molecule is Cc1cc(C)c(C)c(C(Cl)c2cn[nH]c2)c1C. The second-order valence-electron chi connectivity index (χ2n) is 4.57. The highest BCUT2D eigenvalue weighted by molar-refractivity contribution is 6.22. The third-order valence-corrected chi connectivity index (χ3v) is 3.96. The monoisotopic (exact) mass is 248 g/mol. The lowest BCUT2D eigenvalue weighted by Crippen LogP contribution is -2.02. The maximum Gasteiger partial charge on any atom is 0.0871 e. The molecule has 17 heavy (non-hydrogen) atoms. The molecule has 1 N–H and O–H groups in total. The Balaban J connectivity index is 2.59. The van der Waals surface area contributed by atoms with Gasteiger partial charge in [-0.05, 0) is 55.5 Å². The largest absolute Gasteiger partial charge is 0.285 e. The van der Waals surface area contributed by atoms with Crippen molar-refractivity contribution >= 4 is 11.6 Å². The van der Waals surface area contributed by atoms with Crippen LogP contribution in [0.3, 0.4) is 0 Å². The number of rotatable bonds is 2. The molecule has 1 aromatic carbocycles. The van der Waals surface area contributed by atoms with Crippen LogP contribution in [0.25, 0.3) is 0 Å². The Morgan fingerprint density at radius 1 is 1.12 bits per heavy atom. The molecule has 2 rings (SSSR count). The molecule has 1 atom stereocenters. The minimum atomic E-state index is -0.132. The zero-order chi connectivity index (χ0) is 12.6. The zero-order valence-corrected chi connectivity index (χ0v) is 11.4. The number of alkyl halides is 1. The average Bonchev–Trinajstić information content (AvgIpc) is 2.80. The number of hydrogen-bond acceptors (Lipinski definition) is 1. The summed E-state index contributed by atoms with van der Waals surface area (Å²) in [6.07, 6.45) is 3.64. The fraction of sp³-hybridized carbons (Fsp3) is 0.357. The van der Waals surface area contributed by atoms with Gasteiger partial charge in [-0.25, -0.2) is 0 Å². The standard InChI is InChI=1S/C14H17ClN2/c1-8-5-9(2)11(4)13(10(8)3)14(15)12-6-16-17-7-12/h5-7,14H,1-4H3,(H,16,17). The third-order valence-electron chi connectivity index (χ3n) is 3.49. The molecular weight excluding hydrogens is 232 g/mol. The van der Waals surface area contributed by atoms with E-state index in [0.717, 1.165) is 5.56 Å². The molecule has 0 saturated heterocycles. The second kappa shape index (κ2) is 4.53. The van der Waals surface area contributed by atoms with E-state index in [1.54, 1.807) is 6.20 Å². The molecule has 0 saturated carbocycles. The Morgan fingerprint density at radius 3 is 2.18 bits per heavy atom. The number of nitrogens with zero attached hydrogens (tertiary/aromatic N) is 1. The highest BCUT2D eigenvalue weighted by Gasteiger charge is 2.18. The summed E-state index contributed by atoms with van der Waals surface area (Å²) in [7, 11) is 0. The normalized spacial score (nSPS) is 12.8. The van der Waals surface area contributed by atoms with E-state index in [2.05, 4.69) is 44.0 Å². The van der Waals surface area contributed by atoms with Gasteiger partial charge in [0, 0.05) is 11.8 Å². The van der Waals surface area contributed by atoms with E-state index in [1.165, 1.54) is 27.8 Å². The van der Waals surface area contributed by atoms with E-state index in [4.69, 9.17) is 11.6 Å². The minimum Gasteiger partial charge on any atom is -0.285 e. The van der Waals surface area contributed by atoms with Crippen LogP contribution in [0.1, 0.15) is 38.8 Å². The summed E-state index contributed by atoms with van der Waals surface area (Å²) in [6.45, 7) is 8.52. The molecule has 1 heterocycles. The molecule has 1 unspecified atom stereocenters. The van der Waals surface area contributed by atoms with Crippen molar-refractivity contribution in [2.75, 3.05) is 0 Å². The van der Waals surface area contributed by atoms with Crippen LogP contribution in [0.15, 0.2) is 18.5 Å². The Hall–Kier alpha value is -1.28. The summed E-state index contributed by atoms with van der Waals surface area (Å²) in [6, 6.07) is 2.22. The quantitative estimate of drug-likeness (QED) is 0.801. The molecule has 2 aromatic rings. The van der Waals surface area contributed by atoms with Gasteiger partial charge in [0.1, 0.15) is 0 Å². The number of aromatic nitrogens is 2. The number of halogens is 1. The molecular formula is C14H17ClN2. The lowest BCUT2D eigenvalue weighted by Gasteiger charge is -2.18. The fourth-order valence-electron chi connectivity index (χ4n) is 2.19. The van der Waals surface area contributed by atoms with Crippen molar-refractivity contribution in [1.29, 1.82) is 0 Å². The van der Waals surface area contributed by atoms with E-state index >= 15 is 0 Å². The molecule has 0 radical (unpaired) electrons. The summed E-state index contributed by atoms with van der Waals surface area (Å²) >= 11 is 6.57. The predicted octanol–water partition coefficient (Wildman–Crippen LogP) is 3.97. The van der Waals surface area contributed by atoms with Crippen LogP contribution in [0.4, 0.5) is 0 Å². The topological polar surface area (TPSA) is 28.7 Å². The molecule has 0 amide bonds. The van der Waals surface area contributed by atoms with Gasteiger partial charge >= 0.3 is 0 Å². The van der Waals surface area contributed by atoms with Crippen molar-refractivity contribution in [1.82, 2.24) is 10.2 Å². The maximum absolute atomic E-state index is 6.57. The van der Waals surface area contributed by atoms with Crippen molar-refractivity contribution < 1.29 is 0 Å². The van der Waals surface area contributed by atoms with Crippen LogP contribution in [0, 0.1) is 27.7 Å². The molecule has 0 aliphatic carbocycles. The van der Waals surface area contributed by atoms with E-state index in [1.807, 2.05) is 6.20 Å². The molecule has 3 heteroatoms. The van der Waals surface area contributed by atoms with Crippen LogP contribution < -0.4 is 0 Å². The number of aryl methyl sites for hydroxylation is 2. The van der Waals surface area contributed by atoms with Crippen molar-refractivity contribution in [3.05, 3.63) is 51.8 Å². The van der Waals surface area contributed by atoms with Crippen molar-refractivity contribution in [3.63, 3.8) is 0 Å². The molecule has 0 aliphatic rings. The Morgan fingerprint density at radius 2 is 1.71 bits per heavy atom.